The van der Waals surface area contributed by atoms with Crippen LogP contribution in [0.3, 0.4) is 0 Å². The molecule has 1 aliphatic heterocycles. The van der Waals surface area contributed by atoms with Gasteiger partial charge in [-0.25, -0.2) is 0 Å². The second kappa shape index (κ2) is 6.40. The molecule has 1 fully saturated rings. The van der Waals surface area contributed by atoms with Gasteiger partial charge in [0.1, 0.15) is 6.23 Å². The van der Waals surface area contributed by atoms with Crippen molar-refractivity contribution in [3.63, 3.8) is 0 Å². The minimum Gasteiger partial charge on any atom is -0.358 e. The lowest BCUT2D eigenvalue weighted by Gasteiger charge is -2.39. The van der Waals surface area contributed by atoms with Crippen molar-refractivity contribution in [2.45, 2.75) is 31.9 Å². The molecule has 0 spiro atoms. The van der Waals surface area contributed by atoms with E-state index in [2.05, 4.69) is 13.2 Å². The molecule has 0 N–H and O–H groups in total. The van der Waals surface area contributed by atoms with Gasteiger partial charge < -0.3 is 9.64 Å². The number of carbonyl (C=O) groups excluding carboxylic acids is 1. The maximum absolute atomic E-state index is 11.2. The van der Waals surface area contributed by atoms with Gasteiger partial charge in [-0.2, -0.15) is 0 Å². The Labute approximate surface area is 91.4 Å². The fourth-order valence-electron chi connectivity index (χ4n) is 1.54. The summed E-state index contributed by atoms with van der Waals surface area (Å²) in [6.45, 7) is 8.59. The number of rotatable bonds is 8. The number of ether oxygens (including phenoxy) is 1. The molecule has 1 aliphatic rings. The van der Waals surface area contributed by atoms with Crippen LogP contribution in [-0.4, -0.2) is 30.2 Å². The summed E-state index contributed by atoms with van der Waals surface area (Å²) in [6, 6.07) is 0. The number of likely N-dealkylation sites (tertiary alicyclic amines) is 1. The highest BCUT2D eigenvalue weighted by Gasteiger charge is 2.35. The number of β-lactam (4-membered cyclic amide) rings is 1. The molecule has 0 radical (unpaired) electrons. The zero-order valence-electron chi connectivity index (χ0n) is 9.15. The molecular formula is C12H19NO2. The molecular weight excluding hydrogens is 190 g/mol. The lowest BCUT2D eigenvalue weighted by atomic mass is 10.1. The van der Waals surface area contributed by atoms with E-state index < -0.39 is 0 Å². The second-order valence-electron chi connectivity index (χ2n) is 3.65. The molecule has 0 aliphatic carbocycles. The Morgan fingerprint density at radius 1 is 1.40 bits per heavy atom. The van der Waals surface area contributed by atoms with Crippen molar-refractivity contribution >= 4 is 5.91 Å². The SMILES string of the molecule is C=CCCCCOC1CC(=O)N1CC=C. The topological polar surface area (TPSA) is 29.5 Å². The van der Waals surface area contributed by atoms with E-state index >= 15 is 0 Å². The van der Waals surface area contributed by atoms with Gasteiger partial charge in [-0.3, -0.25) is 4.79 Å². The Morgan fingerprint density at radius 3 is 2.80 bits per heavy atom. The average molecular weight is 209 g/mol. The summed E-state index contributed by atoms with van der Waals surface area (Å²) in [5.41, 5.74) is 0. The van der Waals surface area contributed by atoms with E-state index in [1.165, 1.54) is 0 Å². The van der Waals surface area contributed by atoms with Crippen LogP contribution in [0, 0.1) is 0 Å². The van der Waals surface area contributed by atoms with Gasteiger partial charge in [0.15, 0.2) is 0 Å². The van der Waals surface area contributed by atoms with Crippen molar-refractivity contribution in [3.8, 4) is 0 Å². The number of allylic oxidation sites excluding steroid dienone is 1. The largest absolute Gasteiger partial charge is 0.358 e. The molecule has 1 rings (SSSR count). The third-order valence-corrected chi connectivity index (χ3v) is 2.46. The predicted octanol–water partition coefficient (Wildman–Crippen LogP) is 2.10. The Kier molecular flexibility index (Phi) is 5.12. The summed E-state index contributed by atoms with van der Waals surface area (Å²) in [7, 11) is 0. The minimum atomic E-state index is -0.0146. The molecule has 84 valence electrons. The summed E-state index contributed by atoms with van der Waals surface area (Å²) in [4.78, 5) is 12.9. The smallest absolute Gasteiger partial charge is 0.229 e. The average Bonchev–Trinajstić information content (AvgIpc) is 2.24. The standard InChI is InChI=1S/C12H19NO2/c1-3-5-6-7-9-15-12-10-11(14)13(12)8-4-2/h3-4,12H,1-2,5-10H2. The molecule has 1 heterocycles. The highest BCUT2D eigenvalue weighted by atomic mass is 16.5. The lowest BCUT2D eigenvalue weighted by Crippen LogP contribution is -2.53. The van der Waals surface area contributed by atoms with E-state index in [1.54, 1.807) is 11.0 Å². The van der Waals surface area contributed by atoms with Gasteiger partial charge in [0.2, 0.25) is 5.91 Å². The molecule has 0 aromatic heterocycles. The third kappa shape index (κ3) is 3.51. The second-order valence-corrected chi connectivity index (χ2v) is 3.65. The molecule has 0 aromatic carbocycles. The van der Waals surface area contributed by atoms with E-state index in [9.17, 15) is 4.79 Å². The Bertz CT molecular complexity index is 238. The van der Waals surface area contributed by atoms with Crippen LogP contribution in [0.1, 0.15) is 25.7 Å². The first-order chi connectivity index (χ1) is 7.29. The van der Waals surface area contributed by atoms with E-state index in [1.807, 2.05) is 6.08 Å². The first kappa shape index (κ1) is 12.0. The summed E-state index contributed by atoms with van der Waals surface area (Å²) in [5, 5.41) is 0. The maximum atomic E-state index is 11.2. The zero-order chi connectivity index (χ0) is 11.1. The van der Waals surface area contributed by atoms with Gasteiger partial charge in [-0.05, 0) is 19.3 Å². The normalized spacial score (nSPS) is 19.9. The molecule has 1 unspecified atom stereocenters. The number of carbonyl (C=O) groups is 1. The van der Waals surface area contributed by atoms with Crippen LogP contribution in [0.5, 0.6) is 0 Å². The molecule has 3 heteroatoms. The molecule has 1 saturated heterocycles. The van der Waals surface area contributed by atoms with E-state index in [4.69, 9.17) is 4.74 Å². The first-order valence-corrected chi connectivity index (χ1v) is 5.42. The van der Waals surface area contributed by atoms with Crippen LogP contribution < -0.4 is 0 Å². The van der Waals surface area contributed by atoms with Gasteiger partial charge >= 0.3 is 0 Å². The third-order valence-electron chi connectivity index (χ3n) is 2.46. The summed E-state index contributed by atoms with van der Waals surface area (Å²) >= 11 is 0. The van der Waals surface area contributed by atoms with Gasteiger partial charge in [-0.1, -0.05) is 12.2 Å². The first-order valence-electron chi connectivity index (χ1n) is 5.42. The van der Waals surface area contributed by atoms with Crippen LogP contribution in [0.2, 0.25) is 0 Å². The van der Waals surface area contributed by atoms with E-state index in [0.29, 0.717) is 13.0 Å². The molecule has 0 saturated carbocycles. The van der Waals surface area contributed by atoms with E-state index in [-0.39, 0.29) is 12.1 Å². The van der Waals surface area contributed by atoms with Crippen molar-refractivity contribution < 1.29 is 9.53 Å². The maximum Gasteiger partial charge on any atom is 0.229 e. The molecule has 1 atom stereocenters. The highest BCUT2D eigenvalue weighted by molar-refractivity contribution is 5.82. The molecule has 1 amide bonds. The molecule has 0 bridgehead atoms. The van der Waals surface area contributed by atoms with Crippen molar-refractivity contribution in [2.24, 2.45) is 0 Å². The summed E-state index contributed by atoms with van der Waals surface area (Å²) in [5.74, 6) is 0.158. The summed E-state index contributed by atoms with van der Waals surface area (Å²) < 4.78 is 5.58. The van der Waals surface area contributed by atoms with Crippen LogP contribution in [-0.2, 0) is 9.53 Å². The minimum absolute atomic E-state index is 0.0146. The zero-order valence-corrected chi connectivity index (χ0v) is 9.15. The van der Waals surface area contributed by atoms with Crippen LogP contribution in [0.4, 0.5) is 0 Å². The lowest BCUT2D eigenvalue weighted by molar-refractivity contribution is -0.172. The fraction of sp³-hybridized carbons (Fsp3) is 0.583. The number of amides is 1. The van der Waals surface area contributed by atoms with Crippen molar-refractivity contribution in [3.05, 3.63) is 25.3 Å². The van der Waals surface area contributed by atoms with Crippen molar-refractivity contribution in [1.82, 2.24) is 4.90 Å². The number of nitrogens with zero attached hydrogens (tertiary/aromatic N) is 1. The van der Waals surface area contributed by atoms with Gasteiger partial charge in [0.25, 0.3) is 0 Å². The molecule has 15 heavy (non-hydrogen) atoms. The summed E-state index contributed by atoms with van der Waals surface area (Å²) in [6.07, 6.45) is 7.31. The van der Waals surface area contributed by atoms with Crippen LogP contribution in [0.25, 0.3) is 0 Å². The van der Waals surface area contributed by atoms with Crippen molar-refractivity contribution in [1.29, 1.82) is 0 Å². The van der Waals surface area contributed by atoms with Gasteiger partial charge in [0.05, 0.1) is 6.42 Å². The van der Waals surface area contributed by atoms with E-state index in [0.717, 1.165) is 25.9 Å². The number of hydrogen-bond donors (Lipinski definition) is 0. The number of unbranched alkanes of at least 4 members (excludes halogenated alkanes) is 2. The monoisotopic (exact) mass is 209 g/mol. The quantitative estimate of drug-likeness (QED) is 0.348. The van der Waals surface area contributed by atoms with Gasteiger partial charge in [-0.15, -0.1) is 13.2 Å². The number of hydrogen-bond acceptors (Lipinski definition) is 2. The Balaban J connectivity index is 2.08. The predicted molar refractivity (Wildman–Crippen MR) is 60.3 cm³/mol. The highest BCUT2D eigenvalue weighted by Crippen LogP contribution is 2.20. The Hall–Kier alpha value is -1.09. The van der Waals surface area contributed by atoms with Crippen LogP contribution in [0.15, 0.2) is 25.3 Å². The Morgan fingerprint density at radius 2 is 2.20 bits per heavy atom. The fourth-order valence-corrected chi connectivity index (χ4v) is 1.54. The molecule has 3 nitrogen and oxygen atoms in total. The van der Waals surface area contributed by atoms with Crippen LogP contribution >= 0.6 is 0 Å². The van der Waals surface area contributed by atoms with Crippen molar-refractivity contribution in [2.75, 3.05) is 13.2 Å². The van der Waals surface area contributed by atoms with Gasteiger partial charge in [0, 0.05) is 13.2 Å². The molecule has 0 aromatic rings.